The second-order valence-electron chi connectivity index (χ2n) is 5.72. The molecule has 2 rings (SSSR count). The summed E-state index contributed by atoms with van der Waals surface area (Å²) in [5.41, 5.74) is 0.772. The molecule has 0 amide bonds. The van der Waals surface area contributed by atoms with Crippen LogP contribution in [0.2, 0.25) is 5.02 Å². The number of benzene rings is 1. The molecule has 0 spiro atoms. The highest BCUT2D eigenvalue weighted by Crippen LogP contribution is 2.41. The molecular weight excluding hydrogens is 275 g/mol. The standard InChI is InChI=1S/C17H24ClFO/c1-3-5-12-6-8-13(9-7-12)14-10-11-15(20-4-2)16(18)17(14)19/h10-13H,3-9H2,1-2H3/t12-,13-. The predicted molar refractivity (Wildman–Crippen MR) is 82.2 cm³/mol. The molecule has 0 unspecified atom stereocenters. The number of ether oxygens (including phenoxy) is 1. The van der Waals surface area contributed by atoms with Gasteiger partial charge in [-0.05, 0) is 56.1 Å². The zero-order chi connectivity index (χ0) is 14.5. The summed E-state index contributed by atoms with van der Waals surface area (Å²) in [5, 5.41) is 0.139. The Balaban J connectivity index is 2.08. The molecule has 1 fully saturated rings. The second-order valence-corrected chi connectivity index (χ2v) is 6.10. The van der Waals surface area contributed by atoms with E-state index in [2.05, 4.69) is 6.92 Å². The van der Waals surface area contributed by atoms with Crippen molar-refractivity contribution in [2.24, 2.45) is 5.92 Å². The van der Waals surface area contributed by atoms with Crippen molar-refractivity contribution in [2.45, 2.75) is 58.3 Å². The van der Waals surface area contributed by atoms with Crippen molar-refractivity contribution in [2.75, 3.05) is 6.61 Å². The molecule has 0 bridgehead atoms. The number of hydrogen-bond acceptors (Lipinski definition) is 1. The van der Waals surface area contributed by atoms with E-state index in [9.17, 15) is 4.39 Å². The van der Waals surface area contributed by atoms with Crippen molar-refractivity contribution in [1.82, 2.24) is 0 Å². The summed E-state index contributed by atoms with van der Waals surface area (Å²) in [7, 11) is 0. The highest BCUT2D eigenvalue weighted by molar-refractivity contribution is 6.32. The normalized spacial score (nSPS) is 22.8. The third-order valence-electron chi connectivity index (χ3n) is 4.36. The summed E-state index contributed by atoms with van der Waals surface area (Å²) in [6.45, 7) is 4.61. The smallest absolute Gasteiger partial charge is 0.149 e. The molecule has 0 saturated heterocycles. The van der Waals surface area contributed by atoms with Gasteiger partial charge in [-0.3, -0.25) is 0 Å². The maximum atomic E-state index is 14.4. The van der Waals surface area contributed by atoms with Crippen LogP contribution in [0, 0.1) is 11.7 Å². The van der Waals surface area contributed by atoms with Crippen molar-refractivity contribution in [3.8, 4) is 5.75 Å². The Morgan fingerprint density at radius 2 is 1.90 bits per heavy atom. The largest absolute Gasteiger partial charge is 0.492 e. The van der Waals surface area contributed by atoms with Gasteiger partial charge in [0.1, 0.15) is 16.6 Å². The summed E-state index contributed by atoms with van der Waals surface area (Å²) in [5.74, 6) is 1.32. The molecule has 0 atom stereocenters. The van der Waals surface area contributed by atoms with Crippen LogP contribution in [0.15, 0.2) is 12.1 Å². The Morgan fingerprint density at radius 3 is 2.50 bits per heavy atom. The van der Waals surface area contributed by atoms with Gasteiger partial charge >= 0.3 is 0 Å². The molecule has 3 heteroatoms. The van der Waals surface area contributed by atoms with Crippen LogP contribution in [0.25, 0.3) is 0 Å². The summed E-state index contributed by atoms with van der Waals surface area (Å²) in [4.78, 5) is 0. The van der Waals surface area contributed by atoms with Gasteiger partial charge in [-0.1, -0.05) is 37.4 Å². The van der Waals surface area contributed by atoms with E-state index in [0.717, 1.165) is 24.3 Å². The van der Waals surface area contributed by atoms with Gasteiger partial charge in [0, 0.05) is 0 Å². The molecule has 1 aromatic rings. The zero-order valence-corrected chi connectivity index (χ0v) is 13.2. The summed E-state index contributed by atoms with van der Waals surface area (Å²) in [6, 6.07) is 3.67. The van der Waals surface area contributed by atoms with Gasteiger partial charge in [0.25, 0.3) is 0 Å². The maximum Gasteiger partial charge on any atom is 0.149 e. The van der Waals surface area contributed by atoms with E-state index in [1.54, 1.807) is 0 Å². The van der Waals surface area contributed by atoms with E-state index in [-0.39, 0.29) is 10.8 Å². The summed E-state index contributed by atoms with van der Waals surface area (Å²) in [6.07, 6.45) is 7.13. The Kier molecular flexibility index (Phi) is 5.71. The first-order valence-electron chi connectivity index (χ1n) is 7.78. The molecule has 0 N–H and O–H groups in total. The molecule has 1 aromatic carbocycles. The molecule has 1 aliphatic carbocycles. The predicted octanol–water partition coefficient (Wildman–Crippen LogP) is 5.95. The van der Waals surface area contributed by atoms with Crippen LogP contribution in [0.1, 0.15) is 63.9 Å². The van der Waals surface area contributed by atoms with Crippen molar-refractivity contribution >= 4 is 11.6 Å². The molecule has 1 nitrogen and oxygen atoms in total. The van der Waals surface area contributed by atoms with Gasteiger partial charge in [-0.25, -0.2) is 4.39 Å². The van der Waals surface area contributed by atoms with Crippen molar-refractivity contribution in [3.05, 3.63) is 28.5 Å². The minimum Gasteiger partial charge on any atom is -0.492 e. The topological polar surface area (TPSA) is 9.23 Å². The fraction of sp³-hybridized carbons (Fsp3) is 0.647. The highest BCUT2D eigenvalue weighted by atomic mass is 35.5. The van der Waals surface area contributed by atoms with Crippen LogP contribution in [-0.2, 0) is 0 Å². The van der Waals surface area contributed by atoms with Crippen LogP contribution in [0.5, 0.6) is 5.75 Å². The van der Waals surface area contributed by atoms with Crippen LogP contribution in [0.4, 0.5) is 4.39 Å². The van der Waals surface area contributed by atoms with E-state index >= 15 is 0 Å². The van der Waals surface area contributed by atoms with Gasteiger partial charge in [0.05, 0.1) is 6.61 Å². The van der Waals surface area contributed by atoms with Gasteiger partial charge in [-0.2, -0.15) is 0 Å². The average Bonchev–Trinajstić information content (AvgIpc) is 2.46. The fourth-order valence-electron chi connectivity index (χ4n) is 3.30. The first kappa shape index (κ1) is 15.6. The molecule has 1 aliphatic rings. The van der Waals surface area contributed by atoms with E-state index < -0.39 is 0 Å². The Morgan fingerprint density at radius 1 is 1.20 bits per heavy atom. The number of hydrogen-bond donors (Lipinski definition) is 0. The summed E-state index contributed by atoms with van der Waals surface area (Å²) >= 11 is 6.07. The Bertz CT molecular complexity index is 439. The lowest BCUT2D eigenvalue weighted by atomic mass is 9.77. The third-order valence-corrected chi connectivity index (χ3v) is 4.71. The Labute approximate surface area is 126 Å². The summed E-state index contributed by atoms with van der Waals surface area (Å²) < 4.78 is 19.7. The van der Waals surface area contributed by atoms with Crippen molar-refractivity contribution in [1.29, 1.82) is 0 Å². The quantitative estimate of drug-likeness (QED) is 0.652. The second kappa shape index (κ2) is 7.31. The molecule has 0 aromatic heterocycles. The van der Waals surface area contributed by atoms with E-state index in [1.165, 1.54) is 25.7 Å². The zero-order valence-electron chi connectivity index (χ0n) is 12.4. The molecule has 20 heavy (non-hydrogen) atoms. The van der Waals surface area contributed by atoms with Gasteiger partial charge in [0.15, 0.2) is 0 Å². The van der Waals surface area contributed by atoms with Crippen molar-refractivity contribution < 1.29 is 9.13 Å². The number of rotatable bonds is 5. The van der Waals surface area contributed by atoms with Crippen LogP contribution in [0.3, 0.4) is 0 Å². The van der Waals surface area contributed by atoms with Crippen molar-refractivity contribution in [3.63, 3.8) is 0 Å². The van der Waals surface area contributed by atoms with E-state index in [4.69, 9.17) is 16.3 Å². The molecule has 0 radical (unpaired) electrons. The minimum absolute atomic E-state index is 0.139. The number of halogens is 2. The first-order valence-corrected chi connectivity index (χ1v) is 8.15. The lowest BCUT2D eigenvalue weighted by Gasteiger charge is -2.29. The Hall–Kier alpha value is -0.760. The molecule has 112 valence electrons. The van der Waals surface area contributed by atoms with Crippen LogP contribution in [-0.4, -0.2) is 6.61 Å². The van der Waals surface area contributed by atoms with Gasteiger partial charge in [0.2, 0.25) is 0 Å². The lowest BCUT2D eigenvalue weighted by Crippen LogP contribution is -2.14. The monoisotopic (exact) mass is 298 g/mol. The molecule has 0 aliphatic heterocycles. The highest BCUT2D eigenvalue weighted by Gasteiger charge is 2.25. The molecule has 1 saturated carbocycles. The molecule has 0 heterocycles. The SMILES string of the molecule is CCC[C@H]1CC[C@H](c2ccc(OCC)c(Cl)c2F)CC1. The minimum atomic E-state index is -0.281. The third kappa shape index (κ3) is 3.46. The van der Waals surface area contributed by atoms with E-state index in [1.807, 2.05) is 19.1 Å². The maximum absolute atomic E-state index is 14.4. The van der Waals surface area contributed by atoms with Gasteiger partial charge < -0.3 is 4.74 Å². The molecular formula is C17H24ClFO. The lowest BCUT2D eigenvalue weighted by molar-refractivity contribution is 0.303. The average molecular weight is 299 g/mol. The van der Waals surface area contributed by atoms with Gasteiger partial charge in [-0.15, -0.1) is 0 Å². The fourth-order valence-corrected chi connectivity index (χ4v) is 3.53. The van der Waals surface area contributed by atoms with Crippen LogP contribution < -0.4 is 4.74 Å². The van der Waals surface area contributed by atoms with E-state index in [0.29, 0.717) is 18.3 Å². The van der Waals surface area contributed by atoms with Crippen LogP contribution >= 0.6 is 11.6 Å². The first-order chi connectivity index (χ1) is 9.67.